The van der Waals surface area contributed by atoms with Crippen molar-refractivity contribution in [2.45, 2.75) is 45.2 Å². The van der Waals surface area contributed by atoms with Crippen LogP contribution in [0.3, 0.4) is 0 Å². The molecule has 0 aliphatic carbocycles. The molecule has 0 saturated carbocycles. The molecule has 1 unspecified atom stereocenters. The Kier molecular flexibility index (Phi) is 4.48. The molecule has 3 rings (SSSR count). The summed E-state index contributed by atoms with van der Waals surface area (Å²) in [4.78, 5) is 5.30. The molecule has 5 heteroatoms. The minimum atomic E-state index is 0.781. The van der Waals surface area contributed by atoms with E-state index in [9.17, 15) is 0 Å². The number of aryl methyl sites for hydroxylation is 2. The number of piperidine rings is 1. The number of halogens is 1. The van der Waals surface area contributed by atoms with Gasteiger partial charge in [0.2, 0.25) is 0 Å². The van der Waals surface area contributed by atoms with Crippen molar-refractivity contribution in [3.8, 4) is 0 Å². The van der Waals surface area contributed by atoms with Crippen LogP contribution in [0.5, 0.6) is 0 Å². The van der Waals surface area contributed by atoms with Gasteiger partial charge in [0, 0.05) is 32.7 Å². The topological polar surface area (TPSA) is 24.3 Å². The van der Waals surface area contributed by atoms with Crippen molar-refractivity contribution < 1.29 is 0 Å². The zero-order chi connectivity index (χ0) is 14.1. The predicted octanol–water partition coefficient (Wildman–Crippen LogP) is 2.55. The molecule has 20 heavy (non-hydrogen) atoms. The van der Waals surface area contributed by atoms with E-state index in [2.05, 4.69) is 37.8 Å². The molecule has 2 aliphatic rings. The van der Waals surface area contributed by atoms with Gasteiger partial charge in [0.05, 0.1) is 15.9 Å². The average molecular weight is 341 g/mol. The zero-order valence-electron chi connectivity index (χ0n) is 12.6. The van der Waals surface area contributed by atoms with E-state index in [1.54, 1.807) is 0 Å². The zero-order valence-corrected chi connectivity index (χ0v) is 14.2. The summed E-state index contributed by atoms with van der Waals surface area (Å²) in [5, 5.41) is 4.49. The summed E-state index contributed by atoms with van der Waals surface area (Å²) < 4.78 is 3.20. The second-order valence-corrected chi connectivity index (χ2v) is 7.04. The van der Waals surface area contributed by atoms with Gasteiger partial charge in [0.15, 0.2) is 0 Å². The van der Waals surface area contributed by atoms with Crippen molar-refractivity contribution in [2.24, 2.45) is 7.05 Å². The molecule has 2 saturated heterocycles. The van der Waals surface area contributed by atoms with E-state index >= 15 is 0 Å². The fraction of sp³-hybridized carbons (Fsp3) is 0.800. The van der Waals surface area contributed by atoms with Crippen molar-refractivity contribution in [3.63, 3.8) is 0 Å². The van der Waals surface area contributed by atoms with Crippen molar-refractivity contribution in [3.05, 3.63) is 15.9 Å². The summed E-state index contributed by atoms with van der Waals surface area (Å²) >= 11 is 3.68. The normalized spacial score (nSPS) is 25.4. The standard InChI is InChI=1S/C15H25BrN4/c1-12-15(16)14(18(2)17-12)11-19-9-6-13(10-19)20-7-4-3-5-8-20/h13H,3-11H2,1-2H3. The van der Waals surface area contributed by atoms with Crippen LogP contribution in [-0.4, -0.2) is 51.8 Å². The van der Waals surface area contributed by atoms with Crippen LogP contribution in [0.4, 0.5) is 0 Å². The molecule has 4 nitrogen and oxygen atoms in total. The van der Waals surface area contributed by atoms with Gasteiger partial charge < -0.3 is 0 Å². The number of aromatic nitrogens is 2. The first-order valence-corrected chi connectivity index (χ1v) is 8.59. The summed E-state index contributed by atoms with van der Waals surface area (Å²) in [6, 6.07) is 0.781. The van der Waals surface area contributed by atoms with Gasteiger partial charge in [-0.25, -0.2) is 0 Å². The van der Waals surface area contributed by atoms with E-state index in [0.29, 0.717) is 0 Å². The van der Waals surface area contributed by atoms with Crippen LogP contribution in [0.15, 0.2) is 4.47 Å². The first kappa shape index (κ1) is 14.5. The molecule has 2 fully saturated rings. The Balaban J connectivity index is 1.60. The Morgan fingerprint density at radius 2 is 1.95 bits per heavy atom. The molecule has 0 radical (unpaired) electrons. The summed E-state index contributed by atoms with van der Waals surface area (Å²) in [6.07, 6.45) is 5.54. The van der Waals surface area contributed by atoms with Crippen molar-refractivity contribution in [2.75, 3.05) is 26.2 Å². The van der Waals surface area contributed by atoms with Crippen LogP contribution in [0.1, 0.15) is 37.1 Å². The van der Waals surface area contributed by atoms with Crippen molar-refractivity contribution >= 4 is 15.9 Å². The fourth-order valence-corrected chi connectivity index (χ4v) is 4.06. The molecule has 1 aromatic heterocycles. The summed E-state index contributed by atoms with van der Waals surface area (Å²) in [5.41, 5.74) is 2.40. The van der Waals surface area contributed by atoms with Gasteiger partial charge in [-0.1, -0.05) is 6.42 Å². The SMILES string of the molecule is Cc1nn(C)c(CN2CCC(N3CCCCC3)C2)c1Br. The molecular formula is C15H25BrN4. The molecular weight excluding hydrogens is 316 g/mol. The third kappa shape index (κ3) is 2.95. The molecule has 0 amide bonds. The van der Waals surface area contributed by atoms with Gasteiger partial charge in [0.1, 0.15) is 0 Å². The number of rotatable bonds is 3. The van der Waals surface area contributed by atoms with Crippen molar-refractivity contribution in [1.29, 1.82) is 0 Å². The van der Waals surface area contributed by atoms with E-state index in [1.165, 1.54) is 62.0 Å². The smallest absolute Gasteiger partial charge is 0.0739 e. The lowest BCUT2D eigenvalue weighted by molar-refractivity contribution is 0.160. The average Bonchev–Trinajstić information content (AvgIpc) is 3.01. The second kappa shape index (κ2) is 6.16. The monoisotopic (exact) mass is 340 g/mol. The third-order valence-electron chi connectivity index (χ3n) is 4.79. The lowest BCUT2D eigenvalue weighted by atomic mass is 10.1. The quantitative estimate of drug-likeness (QED) is 0.845. The maximum atomic E-state index is 4.49. The van der Waals surface area contributed by atoms with E-state index in [4.69, 9.17) is 0 Å². The van der Waals surface area contributed by atoms with Gasteiger partial charge in [-0.2, -0.15) is 5.10 Å². The minimum absolute atomic E-state index is 0.781. The summed E-state index contributed by atoms with van der Waals surface area (Å²) in [5.74, 6) is 0. The largest absolute Gasteiger partial charge is 0.299 e. The molecule has 1 aromatic rings. The van der Waals surface area contributed by atoms with Crippen LogP contribution in [0.25, 0.3) is 0 Å². The van der Waals surface area contributed by atoms with Crippen LogP contribution in [0.2, 0.25) is 0 Å². The van der Waals surface area contributed by atoms with E-state index in [-0.39, 0.29) is 0 Å². The highest BCUT2D eigenvalue weighted by molar-refractivity contribution is 9.10. The van der Waals surface area contributed by atoms with Gasteiger partial charge in [-0.15, -0.1) is 0 Å². The maximum absolute atomic E-state index is 4.49. The highest BCUT2D eigenvalue weighted by atomic mass is 79.9. The molecule has 2 aliphatic heterocycles. The molecule has 0 spiro atoms. The Hall–Kier alpha value is -0.390. The van der Waals surface area contributed by atoms with Crippen LogP contribution < -0.4 is 0 Å². The first-order valence-electron chi connectivity index (χ1n) is 7.79. The minimum Gasteiger partial charge on any atom is -0.299 e. The number of hydrogen-bond acceptors (Lipinski definition) is 3. The van der Waals surface area contributed by atoms with E-state index < -0.39 is 0 Å². The summed E-state index contributed by atoms with van der Waals surface area (Å²) in [7, 11) is 2.05. The molecule has 0 aromatic carbocycles. The van der Waals surface area contributed by atoms with Crippen molar-refractivity contribution in [1.82, 2.24) is 19.6 Å². The Morgan fingerprint density at radius 3 is 2.60 bits per heavy atom. The number of hydrogen-bond donors (Lipinski definition) is 0. The molecule has 112 valence electrons. The van der Waals surface area contributed by atoms with E-state index in [1.807, 2.05) is 11.7 Å². The Labute approximate surface area is 130 Å². The van der Waals surface area contributed by atoms with Gasteiger partial charge in [0.25, 0.3) is 0 Å². The van der Waals surface area contributed by atoms with Gasteiger partial charge >= 0.3 is 0 Å². The molecule has 0 N–H and O–H groups in total. The number of nitrogens with zero attached hydrogens (tertiary/aromatic N) is 4. The molecule has 0 bridgehead atoms. The predicted molar refractivity (Wildman–Crippen MR) is 84.8 cm³/mol. The first-order chi connectivity index (χ1) is 9.65. The Morgan fingerprint density at radius 1 is 1.20 bits per heavy atom. The summed E-state index contributed by atoms with van der Waals surface area (Å²) in [6.45, 7) is 8.14. The highest BCUT2D eigenvalue weighted by Gasteiger charge is 2.29. The lowest BCUT2D eigenvalue weighted by Gasteiger charge is -2.32. The number of likely N-dealkylation sites (tertiary alicyclic amines) is 2. The molecule has 3 heterocycles. The van der Waals surface area contributed by atoms with Gasteiger partial charge in [-0.05, 0) is 55.2 Å². The Bertz CT molecular complexity index is 465. The highest BCUT2D eigenvalue weighted by Crippen LogP contribution is 2.25. The van der Waals surface area contributed by atoms with Crippen LogP contribution in [-0.2, 0) is 13.6 Å². The lowest BCUT2D eigenvalue weighted by Crippen LogP contribution is -2.40. The van der Waals surface area contributed by atoms with Crippen LogP contribution in [0, 0.1) is 6.92 Å². The maximum Gasteiger partial charge on any atom is 0.0739 e. The molecule has 1 atom stereocenters. The van der Waals surface area contributed by atoms with Gasteiger partial charge in [-0.3, -0.25) is 14.5 Å². The van der Waals surface area contributed by atoms with E-state index in [0.717, 1.165) is 18.3 Å². The fourth-order valence-electron chi connectivity index (χ4n) is 3.60. The third-order valence-corrected chi connectivity index (χ3v) is 5.82. The second-order valence-electron chi connectivity index (χ2n) is 6.24. The van der Waals surface area contributed by atoms with Crippen LogP contribution >= 0.6 is 15.9 Å².